The van der Waals surface area contributed by atoms with Crippen molar-refractivity contribution >= 4 is 0 Å². The van der Waals surface area contributed by atoms with Crippen LogP contribution in [0.2, 0.25) is 0 Å². The normalized spacial score (nSPS) is 24.1. The molecular weight excluding hydrogens is 230 g/mol. The summed E-state index contributed by atoms with van der Waals surface area (Å²) >= 11 is 0. The summed E-state index contributed by atoms with van der Waals surface area (Å²) in [6, 6.07) is 1.76. The smallest absolute Gasteiger partial charge is 0.240 e. The van der Waals surface area contributed by atoms with Crippen LogP contribution in [0.1, 0.15) is 25.7 Å². The first-order chi connectivity index (χ1) is 8.78. The van der Waals surface area contributed by atoms with Gasteiger partial charge in [0, 0.05) is 18.9 Å². The molecule has 2 aromatic rings. The van der Waals surface area contributed by atoms with Gasteiger partial charge in [-0.15, -0.1) is 0 Å². The van der Waals surface area contributed by atoms with E-state index in [1.165, 1.54) is 0 Å². The SMILES string of the molecule is CC1(c2nc(-c3ncccn3)no2)CCCNC1. The Hall–Kier alpha value is -1.82. The molecule has 6 heteroatoms. The first-order valence-electron chi connectivity index (χ1n) is 6.10. The third-order valence-corrected chi connectivity index (χ3v) is 3.31. The Balaban J connectivity index is 1.89. The van der Waals surface area contributed by atoms with Crippen LogP contribution < -0.4 is 5.32 Å². The zero-order valence-corrected chi connectivity index (χ0v) is 10.3. The summed E-state index contributed by atoms with van der Waals surface area (Å²) in [6.07, 6.45) is 5.51. The van der Waals surface area contributed by atoms with Crippen molar-refractivity contribution in [3.8, 4) is 11.6 Å². The van der Waals surface area contributed by atoms with Crippen LogP contribution in [0.15, 0.2) is 23.0 Å². The molecule has 1 saturated heterocycles. The molecule has 6 nitrogen and oxygen atoms in total. The number of aromatic nitrogens is 4. The van der Waals surface area contributed by atoms with Crippen LogP contribution in [-0.2, 0) is 5.41 Å². The molecule has 1 atom stereocenters. The van der Waals surface area contributed by atoms with E-state index in [1.807, 2.05) is 0 Å². The summed E-state index contributed by atoms with van der Waals surface area (Å²) in [5, 5.41) is 7.33. The average Bonchev–Trinajstić information content (AvgIpc) is 2.91. The minimum Gasteiger partial charge on any atom is -0.338 e. The lowest BCUT2D eigenvalue weighted by atomic mass is 9.83. The molecule has 0 aromatic carbocycles. The topological polar surface area (TPSA) is 76.7 Å². The van der Waals surface area contributed by atoms with Crippen molar-refractivity contribution in [1.82, 2.24) is 25.4 Å². The van der Waals surface area contributed by atoms with Gasteiger partial charge in [-0.2, -0.15) is 4.98 Å². The van der Waals surface area contributed by atoms with Crippen LogP contribution in [-0.4, -0.2) is 33.2 Å². The zero-order chi connectivity index (χ0) is 12.4. The van der Waals surface area contributed by atoms with E-state index in [-0.39, 0.29) is 5.41 Å². The van der Waals surface area contributed by atoms with Crippen molar-refractivity contribution in [2.75, 3.05) is 13.1 Å². The maximum atomic E-state index is 5.38. The van der Waals surface area contributed by atoms with Crippen molar-refractivity contribution in [1.29, 1.82) is 0 Å². The lowest BCUT2D eigenvalue weighted by Crippen LogP contribution is -2.41. The van der Waals surface area contributed by atoms with E-state index < -0.39 is 0 Å². The Kier molecular flexibility index (Phi) is 2.79. The van der Waals surface area contributed by atoms with Gasteiger partial charge in [0.05, 0.1) is 5.41 Å². The van der Waals surface area contributed by atoms with Crippen LogP contribution in [0, 0.1) is 0 Å². The second kappa shape index (κ2) is 4.45. The lowest BCUT2D eigenvalue weighted by Gasteiger charge is -2.30. The van der Waals surface area contributed by atoms with Crippen molar-refractivity contribution in [2.45, 2.75) is 25.2 Å². The van der Waals surface area contributed by atoms with Gasteiger partial charge in [0.1, 0.15) is 0 Å². The van der Waals surface area contributed by atoms with E-state index >= 15 is 0 Å². The maximum Gasteiger partial charge on any atom is 0.240 e. The molecule has 1 aliphatic heterocycles. The molecular formula is C12H15N5O. The molecule has 0 amide bonds. The number of hydrogen-bond acceptors (Lipinski definition) is 6. The van der Waals surface area contributed by atoms with Gasteiger partial charge >= 0.3 is 0 Å². The quantitative estimate of drug-likeness (QED) is 0.855. The van der Waals surface area contributed by atoms with E-state index in [4.69, 9.17) is 4.52 Å². The van der Waals surface area contributed by atoms with Crippen molar-refractivity contribution in [3.05, 3.63) is 24.4 Å². The number of nitrogens with one attached hydrogen (secondary N) is 1. The fourth-order valence-electron chi connectivity index (χ4n) is 2.21. The minimum absolute atomic E-state index is 0.0850. The summed E-state index contributed by atoms with van der Waals surface area (Å²) < 4.78 is 5.38. The highest BCUT2D eigenvalue weighted by Crippen LogP contribution is 2.30. The zero-order valence-electron chi connectivity index (χ0n) is 10.3. The highest BCUT2D eigenvalue weighted by atomic mass is 16.5. The molecule has 18 heavy (non-hydrogen) atoms. The van der Waals surface area contributed by atoms with E-state index in [1.54, 1.807) is 18.5 Å². The summed E-state index contributed by atoms with van der Waals surface area (Å²) in [6.45, 7) is 4.06. The fraction of sp³-hybridized carbons (Fsp3) is 0.500. The Morgan fingerprint density at radius 1 is 1.28 bits per heavy atom. The van der Waals surface area contributed by atoms with Gasteiger partial charge in [0.25, 0.3) is 0 Å². The highest BCUT2D eigenvalue weighted by Gasteiger charge is 2.34. The largest absolute Gasteiger partial charge is 0.338 e. The van der Waals surface area contributed by atoms with Crippen LogP contribution >= 0.6 is 0 Å². The van der Waals surface area contributed by atoms with Crippen molar-refractivity contribution in [2.24, 2.45) is 0 Å². The van der Waals surface area contributed by atoms with Gasteiger partial charge < -0.3 is 9.84 Å². The molecule has 1 unspecified atom stereocenters. The predicted molar refractivity (Wildman–Crippen MR) is 64.8 cm³/mol. The molecule has 2 aromatic heterocycles. The van der Waals surface area contributed by atoms with Crippen LogP contribution in [0.5, 0.6) is 0 Å². The van der Waals surface area contributed by atoms with E-state index in [0.717, 1.165) is 25.9 Å². The molecule has 1 aliphatic rings. The molecule has 3 heterocycles. The Morgan fingerprint density at radius 2 is 2.11 bits per heavy atom. The van der Waals surface area contributed by atoms with E-state index in [9.17, 15) is 0 Å². The van der Waals surface area contributed by atoms with Gasteiger partial charge in [-0.05, 0) is 32.4 Å². The Labute approximate surface area is 105 Å². The maximum absolute atomic E-state index is 5.38. The van der Waals surface area contributed by atoms with Crippen LogP contribution in [0.25, 0.3) is 11.6 Å². The number of nitrogens with zero attached hydrogens (tertiary/aromatic N) is 4. The highest BCUT2D eigenvalue weighted by molar-refractivity contribution is 5.40. The number of piperidine rings is 1. The second-order valence-electron chi connectivity index (χ2n) is 4.84. The molecule has 0 spiro atoms. The number of rotatable bonds is 2. The van der Waals surface area contributed by atoms with Crippen LogP contribution in [0.3, 0.4) is 0 Å². The summed E-state index contributed by atoms with van der Waals surface area (Å²) in [7, 11) is 0. The van der Waals surface area contributed by atoms with Crippen molar-refractivity contribution in [3.63, 3.8) is 0 Å². The molecule has 0 bridgehead atoms. The molecule has 0 saturated carbocycles. The van der Waals surface area contributed by atoms with Crippen molar-refractivity contribution < 1.29 is 4.52 Å². The second-order valence-corrected chi connectivity index (χ2v) is 4.84. The summed E-state index contributed by atoms with van der Waals surface area (Å²) in [5.74, 6) is 1.62. The molecule has 1 N–H and O–H groups in total. The Bertz CT molecular complexity index is 518. The first-order valence-corrected chi connectivity index (χ1v) is 6.10. The van der Waals surface area contributed by atoms with E-state index in [0.29, 0.717) is 17.5 Å². The standard InChI is InChI=1S/C12H15N5O/c1-12(4-2-5-13-8-12)11-16-10(17-18-11)9-14-6-3-7-15-9/h3,6-7,13H,2,4-5,8H2,1H3. The first kappa shape index (κ1) is 11.3. The average molecular weight is 245 g/mol. The van der Waals surface area contributed by atoms with Gasteiger partial charge in [0.15, 0.2) is 0 Å². The van der Waals surface area contributed by atoms with Crippen LogP contribution in [0.4, 0.5) is 0 Å². The van der Waals surface area contributed by atoms with Gasteiger partial charge in [-0.3, -0.25) is 0 Å². The van der Waals surface area contributed by atoms with Gasteiger partial charge in [0.2, 0.25) is 17.5 Å². The molecule has 0 radical (unpaired) electrons. The third kappa shape index (κ3) is 1.99. The Morgan fingerprint density at radius 3 is 2.83 bits per heavy atom. The summed E-state index contributed by atoms with van der Waals surface area (Å²) in [5.41, 5.74) is -0.0850. The number of hydrogen-bond donors (Lipinski definition) is 1. The molecule has 0 aliphatic carbocycles. The molecule has 94 valence electrons. The third-order valence-electron chi connectivity index (χ3n) is 3.31. The molecule has 3 rings (SSSR count). The predicted octanol–water partition coefficient (Wildman–Crippen LogP) is 1.17. The molecule has 1 fully saturated rings. The minimum atomic E-state index is -0.0850. The van der Waals surface area contributed by atoms with Gasteiger partial charge in [-0.25, -0.2) is 9.97 Å². The lowest BCUT2D eigenvalue weighted by molar-refractivity contribution is 0.245. The monoisotopic (exact) mass is 245 g/mol. The van der Waals surface area contributed by atoms with Gasteiger partial charge in [-0.1, -0.05) is 5.16 Å². The van der Waals surface area contributed by atoms with E-state index in [2.05, 4.69) is 32.3 Å². The summed E-state index contributed by atoms with van der Waals surface area (Å²) in [4.78, 5) is 12.7. The fourth-order valence-corrected chi connectivity index (χ4v) is 2.21.